The third-order valence-electron chi connectivity index (χ3n) is 1.95. The van der Waals surface area contributed by atoms with E-state index in [4.69, 9.17) is 15.9 Å². The van der Waals surface area contributed by atoms with Gasteiger partial charge < -0.3 is 26.2 Å². The Hall–Kier alpha value is -1.30. The molecule has 0 bridgehead atoms. The molecule has 0 radical (unpaired) electrons. The summed E-state index contributed by atoms with van der Waals surface area (Å²) in [6.45, 7) is -0.0806. The summed E-state index contributed by atoms with van der Waals surface area (Å²) in [5.41, 5.74) is 5.46. The maximum atomic E-state index is 9.48. The minimum absolute atomic E-state index is 0.0806. The summed E-state index contributed by atoms with van der Waals surface area (Å²) in [6, 6.07) is 3.81. The number of benzene rings is 1. The summed E-state index contributed by atoms with van der Waals surface area (Å²) in [5.74, 6) is -0.617. The van der Waals surface area contributed by atoms with Gasteiger partial charge in [-0.2, -0.15) is 0 Å². The summed E-state index contributed by atoms with van der Waals surface area (Å²) in [6.07, 6.45) is -2.24. The molecule has 0 aliphatic rings. The van der Waals surface area contributed by atoms with E-state index in [2.05, 4.69) is 0 Å². The number of nitrogens with two attached hydrogens (primary N) is 1. The average molecular weight is 199 g/mol. The first-order valence-corrected chi connectivity index (χ1v) is 4.14. The molecule has 0 amide bonds. The van der Waals surface area contributed by atoms with Crippen molar-refractivity contribution in [3.05, 3.63) is 23.8 Å². The zero-order valence-electron chi connectivity index (χ0n) is 7.46. The van der Waals surface area contributed by atoms with Crippen molar-refractivity contribution < 1.29 is 20.4 Å². The highest BCUT2D eigenvalue weighted by molar-refractivity contribution is 5.41. The molecule has 5 nitrogen and oxygen atoms in total. The van der Waals surface area contributed by atoms with Crippen molar-refractivity contribution in [3.8, 4) is 11.5 Å². The highest BCUT2D eigenvalue weighted by Gasteiger charge is 2.17. The molecule has 6 N–H and O–H groups in total. The van der Waals surface area contributed by atoms with Crippen molar-refractivity contribution in [2.75, 3.05) is 6.54 Å². The largest absolute Gasteiger partial charge is 0.504 e. The van der Waals surface area contributed by atoms with Crippen molar-refractivity contribution in [3.63, 3.8) is 0 Å². The molecular formula is C9H13NO4. The van der Waals surface area contributed by atoms with Gasteiger partial charge >= 0.3 is 0 Å². The third-order valence-corrected chi connectivity index (χ3v) is 1.95. The van der Waals surface area contributed by atoms with Crippen LogP contribution in [0.2, 0.25) is 0 Å². The molecule has 0 fully saturated rings. The van der Waals surface area contributed by atoms with Crippen LogP contribution >= 0.6 is 0 Å². The standard InChI is InChI=1S/C9H13NO4/c10-4-8(13)9(14)5-1-2-6(11)7(12)3-5/h1-3,8-9,11-14H,4,10H2. The number of aliphatic hydroxyl groups excluding tert-OH is 2. The quantitative estimate of drug-likeness (QED) is 0.420. The summed E-state index contributed by atoms with van der Waals surface area (Å²) in [4.78, 5) is 0. The van der Waals surface area contributed by atoms with E-state index in [1.807, 2.05) is 0 Å². The van der Waals surface area contributed by atoms with Crippen molar-refractivity contribution in [1.29, 1.82) is 0 Å². The lowest BCUT2D eigenvalue weighted by Crippen LogP contribution is -2.27. The fraction of sp³-hybridized carbons (Fsp3) is 0.333. The van der Waals surface area contributed by atoms with Crippen LogP contribution in [-0.4, -0.2) is 33.1 Å². The Bertz CT molecular complexity index is 316. The van der Waals surface area contributed by atoms with Crippen LogP contribution in [0.3, 0.4) is 0 Å². The van der Waals surface area contributed by atoms with Crippen LogP contribution in [0.25, 0.3) is 0 Å². The number of aromatic hydroxyl groups is 2. The van der Waals surface area contributed by atoms with Gasteiger partial charge in [-0.3, -0.25) is 0 Å². The molecule has 1 rings (SSSR count). The maximum absolute atomic E-state index is 9.48. The normalized spacial score (nSPS) is 15.1. The van der Waals surface area contributed by atoms with E-state index >= 15 is 0 Å². The average Bonchev–Trinajstić information content (AvgIpc) is 2.20. The van der Waals surface area contributed by atoms with Crippen LogP contribution in [0.1, 0.15) is 11.7 Å². The molecule has 0 aromatic heterocycles. The van der Waals surface area contributed by atoms with E-state index in [-0.39, 0.29) is 18.0 Å². The van der Waals surface area contributed by atoms with Crippen molar-refractivity contribution >= 4 is 0 Å². The first-order valence-electron chi connectivity index (χ1n) is 4.14. The second kappa shape index (κ2) is 4.28. The van der Waals surface area contributed by atoms with Crippen LogP contribution in [0.4, 0.5) is 0 Å². The molecule has 2 atom stereocenters. The van der Waals surface area contributed by atoms with Crippen LogP contribution in [0, 0.1) is 0 Å². The number of hydrogen-bond donors (Lipinski definition) is 5. The summed E-state index contributed by atoms with van der Waals surface area (Å²) in [7, 11) is 0. The fourth-order valence-corrected chi connectivity index (χ4v) is 1.08. The number of phenols is 2. The highest BCUT2D eigenvalue weighted by Crippen LogP contribution is 2.28. The van der Waals surface area contributed by atoms with E-state index in [9.17, 15) is 10.2 Å². The Balaban J connectivity index is 2.91. The predicted molar refractivity (Wildman–Crippen MR) is 49.8 cm³/mol. The van der Waals surface area contributed by atoms with Gasteiger partial charge in [-0.05, 0) is 17.7 Å². The number of phenolic OH excluding ortho intramolecular Hbond substituents is 2. The molecule has 14 heavy (non-hydrogen) atoms. The molecule has 0 aliphatic carbocycles. The smallest absolute Gasteiger partial charge is 0.157 e. The number of hydrogen-bond acceptors (Lipinski definition) is 5. The van der Waals surface area contributed by atoms with Crippen LogP contribution < -0.4 is 5.73 Å². The SMILES string of the molecule is NCC(O)C(O)c1ccc(O)c(O)c1. The van der Waals surface area contributed by atoms with E-state index in [1.165, 1.54) is 18.2 Å². The lowest BCUT2D eigenvalue weighted by Gasteiger charge is -2.16. The van der Waals surface area contributed by atoms with Gasteiger partial charge in [0.15, 0.2) is 11.5 Å². The molecule has 1 aromatic rings. The molecule has 0 aliphatic heterocycles. The van der Waals surface area contributed by atoms with E-state index in [0.29, 0.717) is 5.56 Å². The predicted octanol–water partition coefficient (Wildman–Crippen LogP) is -0.549. The lowest BCUT2D eigenvalue weighted by molar-refractivity contribution is 0.0242. The molecular weight excluding hydrogens is 186 g/mol. The number of aliphatic hydroxyl groups is 2. The van der Waals surface area contributed by atoms with Gasteiger partial charge in [-0.25, -0.2) is 0 Å². The Labute approximate surface area is 81.0 Å². The van der Waals surface area contributed by atoms with Gasteiger partial charge in [-0.1, -0.05) is 6.07 Å². The molecule has 0 heterocycles. The summed E-state index contributed by atoms with van der Waals surface area (Å²) >= 11 is 0. The Morgan fingerprint density at radius 1 is 1.14 bits per heavy atom. The lowest BCUT2D eigenvalue weighted by atomic mass is 10.0. The monoisotopic (exact) mass is 199 g/mol. The van der Waals surface area contributed by atoms with Crippen LogP contribution in [-0.2, 0) is 0 Å². The topological polar surface area (TPSA) is 107 Å². The van der Waals surface area contributed by atoms with Crippen LogP contribution in [0.5, 0.6) is 11.5 Å². The molecule has 78 valence electrons. The van der Waals surface area contributed by atoms with Crippen molar-refractivity contribution in [1.82, 2.24) is 0 Å². The first kappa shape index (κ1) is 10.8. The molecule has 0 saturated carbocycles. The van der Waals surface area contributed by atoms with Gasteiger partial charge in [0.1, 0.15) is 6.10 Å². The molecule has 5 heteroatoms. The van der Waals surface area contributed by atoms with Crippen molar-refractivity contribution in [2.24, 2.45) is 5.73 Å². The summed E-state index contributed by atoms with van der Waals surface area (Å²) in [5, 5.41) is 36.8. The number of rotatable bonds is 3. The molecule has 0 spiro atoms. The van der Waals surface area contributed by atoms with Gasteiger partial charge in [0.2, 0.25) is 0 Å². The Kier molecular flexibility index (Phi) is 3.29. The second-order valence-corrected chi connectivity index (χ2v) is 3.00. The first-order chi connectivity index (χ1) is 6.56. The highest BCUT2D eigenvalue weighted by atomic mass is 16.3. The Morgan fingerprint density at radius 3 is 2.29 bits per heavy atom. The van der Waals surface area contributed by atoms with Gasteiger partial charge in [0.05, 0.1) is 6.10 Å². The molecule has 1 aromatic carbocycles. The second-order valence-electron chi connectivity index (χ2n) is 3.00. The van der Waals surface area contributed by atoms with Gasteiger partial charge in [-0.15, -0.1) is 0 Å². The minimum Gasteiger partial charge on any atom is -0.504 e. The van der Waals surface area contributed by atoms with E-state index in [0.717, 1.165) is 0 Å². The van der Waals surface area contributed by atoms with Gasteiger partial charge in [0.25, 0.3) is 0 Å². The Morgan fingerprint density at radius 2 is 1.79 bits per heavy atom. The van der Waals surface area contributed by atoms with E-state index in [1.54, 1.807) is 0 Å². The van der Waals surface area contributed by atoms with Gasteiger partial charge in [0, 0.05) is 6.54 Å². The summed E-state index contributed by atoms with van der Waals surface area (Å²) < 4.78 is 0. The van der Waals surface area contributed by atoms with Crippen LogP contribution in [0.15, 0.2) is 18.2 Å². The zero-order chi connectivity index (χ0) is 10.7. The van der Waals surface area contributed by atoms with Crippen molar-refractivity contribution in [2.45, 2.75) is 12.2 Å². The molecule has 2 unspecified atom stereocenters. The fourth-order valence-electron chi connectivity index (χ4n) is 1.08. The molecule has 0 saturated heterocycles. The minimum atomic E-state index is -1.16. The maximum Gasteiger partial charge on any atom is 0.157 e. The zero-order valence-corrected chi connectivity index (χ0v) is 7.46. The van der Waals surface area contributed by atoms with E-state index < -0.39 is 12.2 Å². The third kappa shape index (κ3) is 2.14.